The van der Waals surface area contributed by atoms with Gasteiger partial charge in [0, 0.05) is 12.0 Å². The van der Waals surface area contributed by atoms with Crippen LogP contribution in [0.5, 0.6) is 0 Å². The molecule has 1 rings (SSSR count). The first-order valence-corrected chi connectivity index (χ1v) is 5.22. The summed E-state index contributed by atoms with van der Waals surface area (Å²) in [5.74, 6) is -0.910. The highest BCUT2D eigenvalue weighted by Crippen LogP contribution is 2.11. The minimum atomic E-state index is -0.560. The topological polar surface area (TPSA) is 60.4 Å². The van der Waals surface area contributed by atoms with Crippen LogP contribution in [0.3, 0.4) is 0 Å². The fraction of sp³-hybridized carbons (Fsp3) is 0.308. The zero-order valence-corrected chi connectivity index (χ0v) is 9.86. The van der Waals surface area contributed by atoms with Crippen molar-refractivity contribution in [2.24, 2.45) is 0 Å². The molecule has 4 nitrogen and oxygen atoms in total. The van der Waals surface area contributed by atoms with E-state index < -0.39 is 5.97 Å². The van der Waals surface area contributed by atoms with Gasteiger partial charge in [-0.3, -0.25) is 14.4 Å². The molecule has 0 fully saturated rings. The second-order valence-electron chi connectivity index (χ2n) is 3.68. The number of methoxy groups -OCH3 is 1. The summed E-state index contributed by atoms with van der Waals surface area (Å²) < 4.78 is 4.41. The smallest absolute Gasteiger partial charge is 0.313 e. The molecule has 0 unspecified atom stereocenters. The summed E-state index contributed by atoms with van der Waals surface area (Å²) in [6, 6.07) is 6.88. The quantitative estimate of drug-likeness (QED) is 0.440. The average Bonchev–Trinajstić information content (AvgIpc) is 2.29. The molecule has 0 amide bonds. The predicted octanol–water partition coefficient (Wildman–Crippen LogP) is 1.56. The predicted molar refractivity (Wildman–Crippen MR) is 61.8 cm³/mol. The number of ether oxygens (including phenoxy) is 1. The molecule has 1 aromatic rings. The molecule has 0 aliphatic rings. The van der Waals surface area contributed by atoms with Crippen molar-refractivity contribution >= 4 is 17.5 Å². The van der Waals surface area contributed by atoms with Gasteiger partial charge in [0.1, 0.15) is 12.2 Å². The molecule has 0 aliphatic carbocycles. The number of carbonyl (C=O) groups excluding carboxylic acids is 3. The van der Waals surface area contributed by atoms with E-state index in [9.17, 15) is 14.4 Å². The van der Waals surface area contributed by atoms with Gasteiger partial charge in [0.15, 0.2) is 5.78 Å². The van der Waals surface area contributed by atoms with Crippen molar-refractivity contribution in [3.05, 3.63) is 35.4 Å². The Kier molecular flexibility index (Phi) is 4.57. The van der Waals surface area contributed by atoms with E-state index >= 15 is 0 Å². The summed E-state index contributed by atoms with van der Waals surface area (Å²) in [6.07, 6.45) is -0.187. The number of carbonyl (C=O) groups is 3. The second-order valence-corrected chi connectivity index (χ2v) is 3.68. The van der Waals surface area contributed by atoms with Gasteiger partial charge in [0.25, 0.3) is 0 Å². The van der Waals surface area contributed by atoms with Crippen molar-refractivity contribution in [1.29, 1.82) is 0 Å². The largest absolute Gasteiger partial charge is 0.469 e. The Balaban J connectivity index is 2.78. The minimum Gasteiger partial charge on any atom is -0.469 e. The van der Waals surface area contributed by atoms with Crippen molar-refractivity contribution in [1.82, 2.24) is 0 Å². The van der Waals surface area contributed by atoms with Crippen LogP contribution in [0, 0.1) is 0 Å². The zero-order valence-electron chi connectivity index (χ0n) is 9.86. The molecular weight excluding hydrogens is 220 g/mol. The summed E-state index contributed by atoms with van der Waals surface area (Å²) in [6.45, 7) is 1.45. The second kappa shape index (κ2) is 5.94. The molecule has 0 aromatic heterocycles. The summed E-state index contributed by atoms with van der Waals surface area (Å²) in [5.41, 5.74) is 1.17. The van der Waals surface area contributed by atoms with Crippen molar-refractivity contribution in [3.63, 3.8) is 0 Å². The maximum atomic E-state index is 11.5. The van der Waals surface area contributed by atoms with Gasteiger partial charge in [-0.25, -0.2) is 0 Å². The lowest BCUT2D eigenvalue weighted by atomic mass is 9.99. The molecule has 90 valence electrons. The number of benzene rings is 1. The third-order valence-electron chi connectivity index (χ3n) is 2.35. The fourth-order valence-corrected chi connectivity index (χ4v) is 1.53. The summed E-state index contributed by atoms with van der Waals surface area (Å²) >= 11 is 0. The number of ketones is 2. The van der Waals surface area contributed by atoms with E-state index in [4.69, 9.17) is 0 Å². The van der Waals surface area contributed by atoms with Crippen molar-refractivity contribution in [2.45, 2.75) is 19.8 Å². The lowest BCUT2D eigenvalue weighted by Gasteiger charge is -2.05. The Morgan fingerprint density at radius 1 is 1.18 bits per heavy atom. The fourth-order valence-electron chi connectivity index (χ4n) is 1.53. The van der Waals surface area contributed by atoms with Gasteiger partial charge in [-0.2, -0.15) is 0 Å². The maximum Gasteiger partial charge on any atom is 0.313 e. The first-order chi connectivity index (χ1) is 8.04. The van der Waals surface area contributed by atoms with Gasteiger partial charge in [0.2, 0.25) is 0 Å². The average molecular weight is 234 g/mol. The van der Waals surface area contributed by atoms with Crippen LogP contribution in [-0.4, -0.2) is 24.6 Å². The van der Waals surface area contributed by atoms with E-state index in [2.05, 4.69) is 4.74 Å². The molecule has 1 aromatic carbocycles. The van der Waals surface area contributed by atoms with Crippen molar-refractivity contribution < 1.29 is 19.1 Å². The van der Waals surface area contributed by atoms with Gasteiger partial charge in [-0.15, -0.1) is 0 Å². The molecule has 0 radical (unpaired) electrons. The Hall–Kier alpha value is -1.97. The van der Waals surface area contributed by atoms with Gasteiger partial charge >= 0.3 is 5.97 Å². The lowest BCUT2D eigenvalue weighted by Crippen LogP contribution is -2.13. The maximum absolute atomic E-state index is 11.5. The van der Waals surface area contributed by atoms with Crippen molar-refractivity contribution in [2.75, 3.05) is 7.11 Å². The van der Waals surface area contributed by atoms with E-state index in [0.29, 0.717) is 11.1 Å². The normalized spacial score (nSPS) is 9.76. The Morgan fingerprint density at radius 3 is 2.41 bits per heavy atom. The van der Waals surface area contributed by atoms with E-state index in [-0.39, 0.29) is 24.4 Å². The van der Waals surface area contributed by atoms with E-state index in [1.165, 1.54) is 14.0 Å². The molecule has 0 N–H and O–H groups in total. The van der Waals surface area contributed by atoms with Crippen LogP contribution in [0.4, 0.5) is 0 Å². The highest BCUT2D eigenvalue weighted by molar-refractivity contribution is 6.00. The van der Waals surface area contributed by atoms with Crippen LogP contribution < -0.4 is 0 Å². The highest BCUT2D eigenvalue weighted by Gasteiger charge is 2.13. The monoisotopic (exact) mass is 234 g/mol. The molecular formula is C13H14O4. The number of Topliss-reactive ketones (excluding diaryl/α,β-unsaturated/α-hetero) is 2. The summed E-state index contributed by atoms with van der Waals surface area (Å²) in [4.78, 5) is 33.8. The molecule has 17 heavy (non-hydrogen) atoms. The molecule has 0 saturated carbocycles. The van der Waals surface area contributed by atoms with Gasteiger partial charge in [-0.05, 0) is 12.5 Å². The van der Waals surface area contributed by atoms with Crippen LogP contribution in [0.15, 0.2) is 24.3 Å². The van der Waals surface area contributed by atoms with Crippen LogP contribution in [0.25, 0.3) is 0 Å². The van der Waals surface area contributed by atoms with Gasteiger partial charge in [-0.1, -0.05) is 24.3 Å². The number of rotatable bonds is 5. The lowest BCUT2D eigenvalue weighted by molar-refractivity contribution is -0.143. The molecule has 4 heteroatoms. The number of esters is 1. The standard InChI is InChI=1S/C13H14O4/c1-9(14)12-6-4-3-5-10(12)7-11(15)8-13(16)17-2/h3-6H,7-8H2,1-2H3. The Morgan fingerprint density at radius 2 is 1.82 bits per heavy atom. The molecule has 0 bridgehead atoms. The highest BCUT2D eigenvalue weighted by atomic mass is 16.5. The minimum absolute atomic E-state index is 0.0743. The Bertz CT molecular complexity index is 448. The first-order valence-electron chi connectivity index (χ1n) is 5.22. The van der Waals surface area contributed by atoms with E-state index in [1.807, 2.05) is 0 Å². The van der Waals surface area contributed by atoms with Gasteiger partial charge < -0.3 is 4.74 Å². The van der Waals surface area contributed by atoms with Gasteiger partial charge in [0.05, 0.1) is 7.11 Å². The third kappa shape index (κ3) is 3.83. The molecule has 0 heterocycles. The van der Waals surface area contributed by atoms with Crippen LogP contribution in [-0.2, 0) is 20.7 Å². The van der Waals surface area contributed by atoms with Crippen LogP contribution in [0.1, 0.15) is 29.3 Å². The zero-order chi connectivity index (χ0) is 12.8. The molecule has 0 atom stereocenters. The van der Waals surface area contributed by atoms with E-state index in [0.717, 1.165) is 0 Å². The van der Waals surface area contributed by atoms with Crippen molar-refractivity contribution in [3.8, 4) is 0 Å². The Labute approximate surface area is 99.6 Å². The third-order valence-corrected chi connectivity index (χ3v) is 2.35. The molecule has 0 spiro atoms. The van der Waals surface area contributed by atoms with E-state index in [1.54, 1.807) is 24.3 Å². The SMILES string of the molecule is COC(=O)CC(=O)Cc1ccccc1C(C)=O. The number of hydrogen-bond donors (Lipinski definition) is 0. The first kappa shape index (κ1) is 13.1. The van der Waals surface area contributed by atoms with Crippen LogP contribution >= 0.6 is 0 Å². The van der Waals surface area contributed by atoms with Crippen LogP contribution in [0.2, 0.25) is 0 Å². The summed E-state index contributed by atoms with van der Waals surface area (Å²) in [7, 11) is 1.24. The summed E-state index contributed by atoms with van der Waals surface area (Å²) in [5, 5.41) is 0. The molecule has 0 aliphatic heterocycles. The number of hydrogen-bond acceptors (Lipinski definition) is 4. The molecule has 0 saturated heterocycles.